The Morgan fingerprint density at radius 2 is 2.18 bits per heavy atom. The first-order chi connectivity index (χ1) is 13.3. The van der Waals surface area contributed by atoms with E-state index in [4.69, 9.17) is 16.0 Å². The van der Waals surface area contributed by atoms with Crippen LogP contribution in [0.15, 0.2) is 54.0 Å². The number of ether oxygens (including phenoxy) is 1. The number of carbonyl (C=O) groups excluding carboxylic acids is 2. The molecular formula is C20H24N4O3S. The van der Waals surface area contributed by atoms with Gasteiger partial charge in [-0.25, -0.2) is 5.84 Å². The number of amidine groups is 1. The average molecular weight is 401 g/mol. The summed E-state index contributed by atoms with van der Waals surface area (Å²) in [6, 6.07) is 5.83. The number of ketones is 1. The number of amides is 1. The first-order valence-electron chi connectivity index (χ1n) is 8.65. The average Bonchev–Trinajstić information content (AvgIpc) is 2.68. The van der Waals surface area contributed by atoms with Crippen LogP contribution in [0.5, 0.6) is 0 Å². The van der Waals surface area contributed by atoms with Gasteiger partial charge in [0.1, 0.15) is 5.76 Å². The van der Waals surface area contributed by atoms with Crippen molar-refractivity contribution in [3.63, 3.8) is 0 Å². The molecule has 28 heavy (non-hydrogen) atoms. The number of morpholine rings is 1. The molecule has 1 aliphatic rings. The van der Waals surface area contributed by atoms with Gasteiger partial charge < -0.3 is 10.1 Å². The molecule has 0 atom stereocenters. The van der Waals surface area contributed by atoms with E-state index in [-0.39, 0.29) is 29.2 Å². The molecule has 8 heteroatoms. The number of carbonyl (C=O) groups is 2. The first-order valence-corrected chi connectivity index (χ1v) is 9.64. The summed E-state index contributed by atoms with van der Waals surface area (Å²) in [7, 11) is 0. The van der Waals surface area contributed by atoms with E-state index in [0.29, 0.717) is 11.5 Å². The van der Waals surface area contributed by atoms with Gasteiger partial charge in [-0.05, 0) is 50.1 Å². The standard InChI is InChI=1S/C20H24N4O3S/c1-4-16-18(27-11-19(26)23-16)7-5-6-15(25)12-28-20(21)24(22)17-10-13(2)8-9-14(17)3/h4-10,21H,11-12,22H2,1-3H3,(H,23,26)/b6-5+,16-4+,18-7+,21-20?. The minimum Gasteiger partial charge on any atom is -0.482 e. The van der Waals surface area contributed by atoms with E-state index in [0.717, 1.165) is 28.6 Å². The lowest BCUT2D eigenvalue weighted by atomic mass is 10.1. The van der Waals surface area contributed by atoms with Gasteiger partial charge in [0.2, 0.25) is 0 Å². The van der Waals surface area contributed by atoms with Crippen LogP contribution in [0, 0.1) is 19.3 Å². The fraction of sp³-hybridized carbons (Fsp3) is 0.250. The number of hydrazine groups is 1. The van der Waals surface area contributed by atoms with Crippen LogP contribution in [0.2, 0.25) is 0 Å². The molecule has 148 valence electrons. The third kappa shape index (κ3) is 5.83. The second-order valence-electron chi connectivity index (χ2n) is 6.15. The summed E-state index contributed by atoms with van der Waals surface area (Å²) in [4.78, 5) is 23.3. The minimum atomic E-state index is -0.213. The molecule has 0 unspecified atom stereocenters. The van der Waals surface area contributed by atoms with Gasteiger partial charge in [0, 0.05) is 0 Å². The number of hydrogen-bond acceptors (Lipinski definition) is 6. The van der Waals surface area contributed by atoms with Crippen molar-refractivity contribution in [1.29, 1.82) is 5.41 Å². The van der Waals surface area contributed by atoms with Gasteiger partial charge in [0.05, 0.1) is 17.1 Å². The smallest absolute Gasteiger partial charge is 0.262 e. The lowest BCUT2D eigenvalue weighted by Gasteiger charge is -2.21. The van der Waals surface area contributed by atoms with Gasteiger partial charge in [0.15, 0.2) is 17.6 Å². The number of nitrogens with one attached hydrogen (secondary N) is 2. The molecule has 4 N–H and O–H groups in total. The number of thioether (sulfide) groups is 1. The summed E-state index contributed by atoms with van der Waals surface area (Å²) >= 11 is 1.06. The van der Waals surface area contributed by atoms with Crippen molar-refractivity contribution in [2.24, 2.45) is 5.84 Å². The van der Waals surface area contributed by atoms with Crippen molar-refractivity contribution >= 4 is 34.3 Å². The van der Waals surface area contributed by atoms with Crippen molar-refractivity contribution in [2.75, 3.05) is 17.4 Å². The summed E-state index contributed by atoms with van der Waals surface area (Å²) in [6.07, 6.45) is 6.31. The molecular weight excluding hydrogens is 376 g/mol. The van der Waals surface area contributed by atoms with Gasteiger partial charge in [-0.1, -0.05) is 36.0 Å². The highest BCUT2D eigenvalue weighted by Crippen LogP contribution is 2.22. The monoisotopic (exact) mass is 400 g/mol. The highest BCUT2D eigenvalue weighted by Gasteiger charge is 2.17. The van der Waals surface area contributed by atoms with Gasteiger partial charge in [-0.2, -0.15) is 0 Å². The fourth-order valence-corrected chi connectivity index (χ4v) is 3.02. The fourth-order valence-electron chi connectivity index (χ4n) is 2.41. The van der Waals surface area contributed by atoms with Crippen molar-refractivity contribution in [3.05, 3.63) is 65.1 Å². The maximum absolute atomic E-state index is 12.1. The van der Waals surface area contributed by atoms with Crippen LogP contribution in [0.3, 0.4) is 0 Å². The molecule has 0 radical (unpaired) electrons. The summed E-state index contributed by atoms with van der Waals surface area (Å²) in [5.41, 5.74) is 3.30. The minimum absolute atomic E-state index is 0.0529. The Morgan fingerprint density at radius 1 is 1.43 bits per heavy atom. The molecule has 1 amide bonds. The topological polar surface area (TPSA) is 109 Å². The van der Waals surface area contributed by atoms with E-state index in [2.05, 4.69) is 5.32 Å². The van der Waals surface area contributed by atoms with E-state index in [1.165, 1.54) is 11.1 Å². The Morgan fingerprint density at radius 3 is 2.89 bits per heavy atom. The van der Waals surface area contributed by atoms with Crippen molar-refractivity contribution in [1.82, 2.24) is 5.32 Å². The SMILES string of the molecule is C/C=C1/NC(=O)CO/C1=C/C=C/C(=O)CSC(=N)N(N)c1cc(C)ccc1C. The lowest BCUT2D eigenvalue weighted by Crippen LogP contribution is -2.36. The van der Waals surface area contributed by atoms with Crippen LogP contribution in [0.4, 0.5) is 5.69 Å². The van der Waals surface area contributed by atoms with Crippen LogP contribution >= 0.6 is 11.8 Å². The molecule has 1 aromatic rings. The predicted octanol–water partition coefficient (Wildman–Crippen LogP) is 2.71. The Hall–Kier alpha value is -2.84. The number of allylic oxidation sites excluding steroid dienone is 4. The molecule has 0 bridgehead atoms. The molecule has 1 saturated heterocycles. The highest BCUT2D eigenvalue weighted by molar-refractivity contribution is 8.14. The lowest BCUT2D eigenvalue weighted by molar-refractivity contribution is -0.125. The van der Waals surface area contributed by atoms with Gasteiger partial charge in [-0.3, -0.25) is 20.0 Å². The van der Waals surface area contributed by atoms with E-state index in [1.54, 1.807) is 25.2 Å². The summed E-state index contributed by atoms with van der Waals surface area (Å²) in [5.74, 6) is 6.23. The molecule has 1 aliphatic heterocycles. The van der Waals surface area contributed by atoms with E-state index in [9.17, 15) is 9.59 Å². The molecule has 2 rings (SSSR count). The molecule has 1 heterocycles. The van der Waals surface area contributed by atoms with Crippen molar-refractivity contribution < 1.29 is 14.3 Å². The summed E-state index contributed by atoms with van der Waals surface area (Å²) < 4.78 is 5.33. The number of anilines is 1. The second kappa shape index (κ2) is 9.91. The largest absolute Gasteiger partial charge is 0.482 e. The van der Waals surface area contributed by atoms with Crippen molar-refractivity contribution in [3.8, 4) is 0 Å². The normalized spacial score (nSPS) is 16.9. The molecule has 1 fully saturated rings. The van der Waals surface area contributed by atoms with Crippen LogP contribution in [-0.4, -0.2) is 29.2 Å². The second-order valence-corrected chi connectivity index (χ2v) is 7.11. The molecule has 0 aromatic heterocycles. The number of nitrogens with two attached hydrogens (primary N) is 1. The number of nitrogens with zero attached hydrogens (tertiary/aromatic N) is 1. The quantitative estimate of drug-likeness (QED) is 0.231. The van der Waals surface area contributed by atoms with E-state index >= 15 is 0 Å². The zero-order valence-electron chi connectivity index (χ0n) is 16.1. The molecule has 0 saturated carbocycles. The van der Waals surface area contributed by atoms with Gasteiger partial charge in [-0.15, -0.1) is 0 Å². The Balaban J connectivity index is 1.90. The van der Waals surface area contributed by atoms with Crippen LogP contribution in [0.25, 0.3) is 0 Å². The van der Waals surface area contributed by atoms with Gasteiger partial charge in [0.25, 0.3) is 5.91 Å². The molecule has 0 aliphatic carbocycles. The Kier molecular flexibility index (Phi) is 7.60. The van der Waals surface area contributed by atoms with E-state index < -0.39 is 0 Å². The Bertz CT molecular complexity index is 874. The first kappa shape index (κ1) is 21.5. The third-order valence-corrected chi connectivity index (χ3v) is 4.81. The highest BCUT2D eigenvalue weighted by atomic mass is 32.2. The van der Waals surface area contributed by atoms with Crippen molar-refractivity contribution in [2.45, 2.75) is 20.8 Å². The Labute approximate surface area is 168 Å². The van der Waals surface area contributed by atoms with Crippen LogP contribution in [-0.2, 0) is 14.3 Å². The number of hydrogen-bond donors (Lipinski definition) is 3. The van der Waals surface area contributed by atoms with Crippen LogP contribution < -0.4 is 16.2 Å². The van der Waals surface area contributed by atoms with Gasteiger partial charge >= 0.3 is 0 Å². The number of rotatable bonds is 5. The maximum atomic E-state index is 12.1. The number of benzene rings is 1. The van der Waals surface area contributed by atoms with Crippen LogP contribution in [0.1, 0.15) is 18.1 Å². The number of aryl methyl sites for hydroxylation is 2. The molecule has 1 aromatic carbocycles. The zero-order chi connectivity index (χ0) is 20.7. The van der Waals surface area contributed by atoms with E-state index in [1.807, 2.05) is 32.0 Å². The summed E-state index contributed by atoms with van der Waals surface area (Å²) in [5, 5.41) is 12.2. The maximum Gasteiger partial charge on any atom is 0.262 e. The third-order valence-electron chi connectivity index (χ3n) is 3.91. The molecule has 0 spiro atoms. The predicted molar refractivity (Wildman–Crippen MR) is 113 cm³/mol. The zero-order valence-corrected chi connectivity index (χ0v) is 16.9. The summed E-state index contributed by atoms with van der Waals surface area (Å²) in [6.45, 7) is 5.60. The molecule has 7 nitrogen and oxygen atoms in total.